The van der Waals surface area contributed by atoms with Gasteiger partial charge in [-0.3, -0.25) is 14.5 Å². The van der Waals surface area contributed by atoms with Crippen molar-refractivity contribution in [3.63, 3.8) is 0 Å². The molecule has 2 fully saturated rings. The molecule has 2 aromatic heterocycles. The van der Waals surface area contributed by atoms with Crippen LogP contribution in [0.2, 0.25) is 0 Å². The van der Waals surface area contributed by atoms with Crippen molar-refractivity contribution >= 4 is 16.6 Å². The van der Waals surface area contributed by atoms with Crippen molar-refractivity contribution in [2.75, 3.05) is 19.6 Å². The van der Waals surface area contributed by atoms with Crippen LogP contribution in [0.3, 0.4) is 0 Å². The highest BCUT2D eigenvalue weighted by Gasteiger charge is 2.63. The molecule has 5 nitrogen and oxygen atoms in total. The zero-order chi connectivity index (χ0) is 22.5. The Morgan fingerprint density at radius 2 is 1.97 bits per heavy atom. The number of aromatic nitrogens is 3. The highest BCUT2D eigenvalue weighted by Crippen LogP contribution is 2.58. The van der Waals surface area contributed by atoms with E-state index in [1.165, 1.54) is 0 Å². The summed E-state index contributed by atoms with van der Waals surface area (Å²) in [5, 5.41) is 6.20. The van der Waals surface area contributed by atoms with Crippen LogP contribution in [0.1, 0.15) is 25.0 Å². The number of nitrogens with zero attached hydrogens (tertiary/aromatic N) is 4. The third-order valence-corrected chi connectivity index (χ3v) is 6.88. The number of rotatable bonds is 6. The molecule has 0 spiro atoms. The van der Waals surface area contributed by atoms with Crippen LogP contribution in [0.15, 0.2) is 42.9 Å². The van der Waals surface area contributed by atoms with Gasteiger partial charge >= 0.3 is 6.18 Å². The molecule has 0 bridgehead atoms. The number of fused-ring (bicyclic) bond motifs is 1. The summed E-state index contributed by atoms with van der Waals surface area (Å²) in [5.74, 6) is -0.169. The van der Waals surface area contributed by atoms with E-state index in [9.17, 15) is 18.0 Å². The molecule has 0 amide bonds. The molecule has 168 valence electrons. The van der Waals surface area contributed by atoms with E-state index in [0.29, 0.717) is 25.2 Å². The van der Waals surface area contributed by atoms with Gasteiger partial charge < -0.3 is 4.90 Å². The number of aryl methyl sites for hydroxylation is 1. The third kappa shape index (κ3) is 4.03. The number of carbonyl (C=O) groups excluding carboxylic acids is 1. The minimum atomic E-state index is -4.15. The van der Waals surface area contributed by atoms with Crippen LogP contribution in [0.5, 0.6) is 0 Å². The van der Waals surface area contributed by atoms with Gasteiger partial charge in [-0.15, -0.1) is 0 Å². The van der Waals surface area contributed by atoms with Crippen molar-refractivity contribution in [1.29, 1.82) is 0 Å². The predicted molar refractivity (Wildman–Crippen MR) is 115 cm³/mol. The van der Waals surface area contributed by atoms with Gasteiger partial charge in [0.25, 0.3) is 0 Å². The first-order valence-electron chi connectivity index (χ1n) is 10.9. The summed E-state index contributed by atoms with van der Waals surface area (Å²) >= 11 is 0. The van der Waals surface area contributed by atoms with Gasteiger partial charge in [-0.05, 0) is 48.9 Å². The Morgan fingerprint density at radius 3 is 2.66 bits per heavy atom. The predicted octanol–water partition coefficient (Wildman–Crippen LogP) is 4.41. The number of pyridine rings is 1. The fraction of sp³-hybridized carbons (Fsp3) is 0.458. The summed E-state index contributed by atoms with van der Waals surface area (Å²) in [6.45, 7) is 0.981. The monoisotopic (exact) mass is 442 g/mol. The molecule has 1 aliphatic heterocycles. The maximum Gasteiger partial charge on any atom is 0.395 e. The van der Waals surface area contributed by atoms with E-state index >= 15 is 0 Å². The summed E-state index contributed by atoms with van der Waals surface area (Å²) in [7, 11) is 1.87. The van der Waals surface area contributed by atoms with Crippen molar-refractivity contribution in [3.8, 4) is 11.1 Å². The lowest BCUT2D eigenvalue weighted by Crippen LogP contribution is -2.37. The lowest BCUT2D eigenvalue weighted by Gasteiger charge is -2.25. The molecule has 3 aromatic rings. The zero-order valence-corrected chi connectivity index (χ0v) is 17.9. The van der Waals surface area contributed by atoms with Crippen LogP contribution in [0.25, 0.3) is 21.9 Å². The van der Waals surface area contributed by atoms with Crippen molar-refractivity contribution in [3.05, 3.63) is 48.5 Å². The lowest BCUT2D eigenvalue weighted by atomic mass is 9.98. The van der Waals surface area contributed by atoms with E-state index < -0.39 is 11.6 Å². The maximum atomic E-state index is 13.3. The van der Waals surface area contributed by atoms with Crippen LogP contribution in [-0.4, -0.2) is 51.3 Å². The fourth-order valence-electron chi connectivity index (χ4n) is 4.71. The first-order valence-corrected chi connectivity index (χ1v) is 10.9. The first kappa shape index (κ1) is 21.1. The van der Waals surface area contributed by atoms with Crippen LogP contribution in [-0.2, 0) is 18.3 Å². The van der Waals surface area contributed by atoms with Gasteiger partial charge in [-0.25, -0.2) is 0 Å². The Balaban J connectivity index is 1.25. The van der Waals surface area contributed by atoms with Crippen molar-refractivity contribution < 1.29 is 18.0 Å². The molecule has 0 radical (unpaired) electrons. The number of hydrogen-bond acceptors (Lipinski definition) is 4. The summed E-state index contributed by atoms with van der Waals surface area (Å²) in [6, 6.07) is 8.01. The zero-order valence-electron chi connectivity index (χ0n) is 17.9. The number of Topliss-reactive ketones (excluding diaryl/α,β-unsaturated/α-hetero) is 1. The van der Waals surface area contributed by atoms with Gasteiger partial charge in [0.1, 0.15) is 5.78 Å². The molecule has 1 saturated carbocycles. The van der Waals surface area contributed by atoms with Gasteiger partial charge in [0.2, 0.25) is 0 Å². The van der Waals surface area contributed by atoms with Gasteiger partial charge in [-0.2, -0.15) is 18.3 Å². The molecule has 0 N–H and O–H groups in total. The van der Waals surface area contributed by atoms with Crippen molar-refractivity contribution in [2.24, 2.45) is 18.4 Å². The molecule has 5 rings (SSSR count). The standard InChI is InChI=1S/C24H25F3N4O/c1-30-13-20(12-29-30)16-2-3-17-11-28-21(9-19(17)8-16)10-22(32)18-4-7-31(14-18)15-23(5-6-23)24(25,26)27/h2-3,8-9,11-13,18H,4-7,10,14-15H2,1H3. The van der Waals surface area contributed by atoms with E-state index in [0.717, 1.165) is 21.9 Å². The SMILES string of the molecule is Cn1cc(-c2ccc3cnc(CC(=O)C4CCN(CC5(C(F)(F)F)CC5)C4)cc3c2)cn1. The maximum absolute atomic E-state index is 13.3. The van der Waals surface area contributed by atoms with Crippen LogP contribution >= 0.6 is 0 Å². The molecule has 3 heterocycles. The molecular formula is C24H25F3N4O. The molecule has 8 heteroatoms. The highest BCUT2D eigenvalue weighted by molar-refractivity contribution is 5.88. The number of halogens is 3. The second-order valence-electron chi connectivity index (χ2n) is 9.28. The molecule has 2 aliphatic rings. The number of ketones is 1. The van der Waals surface area contributed by atoms with Crippen LogP contribution < -0.4 is 0 Å². The molecule has 32 heavy (non-hydrogen) atoms. The molecule has 1 aromatic carbocycles. The Kier molecular flexibility index (Phi) is 5.08. The smallest absolute Gasteiger partial charge is 0.302 e. The van der Waals surface area contributed by atoms with Crippen molar-refractivity contribution in [1.82, 2.24) is 19.7 Å². The second kappa shape index (κ2) is 7.69. The van der Waals surface area contributed by atoms with E-state index in [-0.39, 0.29) is 37.5 Å². The van der Waals surface area contributed by atoms with E-state index in [1.54, 1.807) is 10.9 Å². The Hall–Kier alpha value is -2.74. The minimum Gasteiger partial charge on any atom is -0.302 e. The van der Waals surface area contributed by atoms with Crippen LogP contribution in [0.4, 0.5) is 13.2 Å². The molecule has 1 saturated heterocycles. The van der Waals surface area contributed by atoms with Gasteiger partial charge in [0.05, 0.1) is 11.6 Å². The molecule has 1 atom stereocenters. The second-order valence-corrected chi connectivity index (χ2v) is 9.28. The average Bonchev–Trinajstić information content (AvgIpc) is 3.18. The van der Waals surface area contributed by atoms with E-state index in [2.05, 4.69) is 16.1 Å². The number of hydrogen-bond donors (Lipinski definition) is 0. The van der Waals surface area contributed by atoms with E-state index in [4.69, 9.17) is 0 Å². The summed E-state index contributed by atoms with van der Waals surface area (Å²) in [6.07, 6.45) is 2.60. The topological polar surface area (TPSA) is 51.0 Å². The minimum absolute atomic E-state index is 0.0195. The van der Waals surface area contributed by atoms with Gasteiger partial charge in [0.15, 0.2) is 0 Å². The fourth-order valence-corrected chi connectivity index (χ4v) is 4.71. The first-order chi connectivity index (χ1) is 15.2. The Labute approximate surface area is 184 Å². The Morgan fingerprint density at radius 1 is 1.16 bits per heavy atom. The number of benzene rings is 1. The highest BCUT2D eigenvalue weighted by atomic mass is 19.4. The summed E-state index contributed by atoms with van der Waals surface area (Å²) in [5.41, 5.74) is 1.20. The molecular weight excluding hydrogens is 417 g/mol. The van der Waals surface area contributed by atoms with Gasteiger partial charge in [-0.1, -0.05) is 12.1 Å². The van der Waals surface area contributed by atoms with Gasteiger partial charge in [0, 0.05) is 61.5 Å². The summed E-state index contributed by atoms with van der Waals surface area (Å²) in [4.78, 5) is 19.1. The quantitative estimate of drug-likeness (QED) is 0.568. The summed E-state index contributed by atoms with van der Waals surface area (Å²) < 4.78 is 41.5. The normalized spacial score (nSPS) is 20.7. The number of carbonyl (C=O) groups is 1. The Bertz CT molecular complexity index is 1170. The average molecular weight is 442 g/mol. The third-order valence-electron chi connectivity index (χ3n) is 6.88. The number of likely N-dealkylation sites (tertiary alicyclic amines) is 1. The lowest BCUT2D eigenvalue weighted by molar-refractivity contribution is -0.191. The van der Waals surface area contributed by atoms with Crippen molar-refractivity contribution in [2.45, 2.75) is 31.9 Å². The number of alkyl halides is 3. The largest absolute Gasteiger partial charge is 0.395 e. The van der Waals surface area contributed by atoms with E-state index in [1.807, 2.05) is 42.5 Å². The molecule has 1 unspecified atom stereocenters. The van der Waals surface area contributed by atoms with Crippen LogP contribution in [0, 0.1) is 11.3 Å². The molecule has 1 aliphatic carbocycles.